The molecular weight excluding hydrogens is 331 g/mol. The summed E-state index contributed by atoms with van der Waals surface area (Å²) < 4.78 is 60.4. The number of nitrogens with one attached hydrogen (secondary N) is 1. The summed E-state index contributed by atoms with van der Waals surface area (Å²) in [7, 11) is -3.33. The first-order valence-corrected chi connectivity index (χ1v) is 8.17. The van der Waals surface area contributed by atoms with Gasteiger partial charge in [-0.1, -0.05) is 6.07 Å². The minimum absolute atomic E-state index is 0.196. The minimum atomic E-state index is -4.55. The van der Waals surface area contributed by atoms with E-state index < -0.39 is 38.9 Å². The van der Waals surface area contributed by atoms with Crippen molar-refractivity contribution in [1.82, 2.24) is 5.32 Å². The van der Waals surface area contributed by atoms with Crippen LogP contribution in [0.2, 0.25) is 0 Å². The van der Waals surface area contributed by atoms with Crippen LogP contribution in [0.4, 0.5) is 13.2 Å². The van der Waals surface area contributed by atoms with Gasteiger partial charge in [0.2, 0.25) is 0 Å². The lowest BCUT2D eigenvalue weighted by molar-refractivity contribution is -0.137. The van der Waals surface area contributed by atoms with Gasteiger partial charge < -0.3 is 5.32 Å². The van der Waals surface area contributed by atoms with E-state index in [9.17, 15) is 26.4 Å². The maximum atomic E-state index is 12.6. The molecule has 1 fully saturated rings. The number of benzene rings is 1. The highest BCUT2D eigenvalue weighted by molar-refractivity contribution is 7.91. The Morgan fingerprint density at radius 1 is 1.29 bits per heavy atom. The van der Waals surface area contributed by atoms with Gasteiger partial charge in [0.1, 0.15) is 0 Å². The Morgan fingerprint density at radius 2 is 1.95 bits per heavy atom. The smallest absolute Gasteiger partial charge is 0.347 e. The molecule has 0 aromatic heterocycles. The first-order chi connectivity index (χ1) is 9.58. The number of sulfone groups is 1. The van der Waals surface area contributed by atoms with Crippen LogP contribution in [0.25, 0.3) is 0 Å². The van der Waals surface area contributed by atoms with Gasteiger partial charge in [-0.15, -0.1) is 11.6 Å². The zero-order chi connectivity index (χ0) is 15.8. The number of alkyl halides is 4. The molecule has 1 aromatic carbocycles. The van der Waals surface area contributed by atoms with Crippen LogP contribution in [0, 0.1) is 0 Å². The lowest BCUT2D eigenvalue weighted by Gasteiger charge is -2.15. The van der Waals surface area contributed by atoms with Gasteiger partial charge in [-0.05, 0) is 18.2 Å². The third-order valence-corrected chi connectivity index (χ3v) is 5.43. The number of amides is 1. The fourth-order valence-electron chi connectivity index (χ4n) is 2.03. The predicted molar refractivity (Wildman–Crippen MR) is 71.0 cm³/mol. The minimum Gasteiger partial charge on any atom is -0.347 e. The molecule has 1 N–H and O–H groups in total. The van der Waals surface area contributed by atoms with Gasteiger partial charge in [-0.3, -0.25) is 4.79 Å². The van der Waals surface area contributed by atoms with Crippen LogP contribution in [-0.2, 0) is 16.0 Å². The van der Waals surface area contributed by atoms with Crippen molar-refractivity contribution in [2.24, 2.45) is 0 Å². The molecule has 1 heterocycles. The van der Waals surface area contributed by atoms with E-state index >= 15 is 0 Å². The summed E-state index contributed by atoms with van der Waals surface area (Å²) in [5.41, 5.74) is -1.14. The second-order valence-corrected chi connectivity index (χ2v) is 7.47. The molecule has 1 amide bonds. The first kappa shape index (κ1) is 16.1. The fraction of sp³-hybridized carbons (Fsp3) is 0.417. The van der Waals surface area contributed by atoms with E-state index in [1.54, 1.807) is 0 Å². The van der Waals surface area contributed by atoms with E-state index in [0.717, 1.165) is 12.1 Å². The van der Waals surface area contributed by atoms with E-state index in [2.05, 4.69) is 5.32 Å². The van der Waals surface area contributed by atoms with Crippen molar-refractivity contribution in [2.45, 2.75) is 17.6 Å². The van der Waals surface area contributed by atoms with E-state index in [0.29, 0.717) is 6.07 Å². The maximum Gasteiger partial charge on any atom is 0.416 e. The van der Waals surface area contributed by atoms with Crippen LogP contribution in [0.15, 0.2) is 24.3 Å². The molecule has 116 valence electrons. The molecule has 1 aliphatic rings. The molecular formula is C12H11ClF3NO3S. The summed E-state index contributed by atoms with van der Waals surface area (Å²) in [5.74, 6) is -1.36. The van der Waals surface area contributed by atoms with Crippen LogP contribution in [0.5, 0.6) is 0 Å². The number of halogens is 4. The molecule has 21 heavy (non-hydrogen) atoms. The van der Waals surface area contributed by atoms with E-state index in [1.165, 1.54) is 6.07 Å². The van der Waals surface area contributed by atoms with Crippen LogP contribution in [0.1, 0.15) is 15.9 Å². The molecule has 0 aliphatic carbocycles. The largest absolute Gasteiger partial charge is 0.416 e. The molecule has 4 nitrogen and oxygen atoms in total. The molecule has 0 saturated carbocycles. The molecule has 9 heteroatoms. The van der Waals surface area contributed by atoms with Crippen molar-refractivity contribution < 1.29 is 26.4 Å². The normalized spacial score (nSPS) is 24.8. The summed E-state index contributed by atoms with van der Waals surface area (Å²) in [4.78, 5) is 11.9. The molecule has 1 aromatic rings. The van der Waals surface area contributed by atoms with Crippen molar-refractivity contribution >= 4 is 27.3 Å². The zero-order valence-electron chi connectivity index (χ0n) is 10.5. The number of hydrogen-bond donors (Lipinski definition) is 1. The van der Waals surface area contributed by atoms with Crippen molar-refractivity contribution in [3.05, 3.63) is 35.4 Å². The van der Waals surface area contributed by atoms with Gasteiger partial charge in [-0.25, -0.2) is 8.42 Å². The summed E-state index contributed by atoms with van der Waals surface area (Å²) in [6.45, 7) is 0. The number of hydrogen-bond acceptors (Lipinski definition) is 3. The van der Waals surface area contributed by atoms with Crippen molar-refractivity contribution in [3.8, 4) is 0 Å². The summed E-state index contributed by atoms with van der Waals surface area (Å²) in [5, 5.41) is 1.57. The summed E-state index contributed by atoms with van der Waals surface area (Å²) in [6, 6.07) is 3.08. The second kappa shape index (κ2) is 5.49. The summed E-state index contributed by atoms with van der Waals surface area (Å²) >= 11 is 5.82. The van der Waals surface area contributed by atoms with E-state index in [-0.39, 0.29) is 17.1 Å². The molecule has 2 rings (SSSR count). The average Bonchev–Trinajstić information content (AvgIpc) is 2.61. The average molecular weight is 342 g/mol. The number of carbonyl (C=O) groups is 1. The molecule has 1 aliphatic heterocycles. The number of carbonyl (C=O) groups excluding carboxylic acids is 1. The predicted octanol–water partition coefficient (Wildman–Crippen LogP) is 1.84. The highest BCUT2D eigenvalue weighted by atomic mass is 35.5. The Labute approximate surface area is 124 Å². The Bertz CT molecular complexity index is 660. The Kier molecular flexibility index (Phi) is 4.21. The van der Waals surface area contributed by atoms with Gasteiger partial charge in [-0.2, -0.15) is 13.2 Å². The van der Waals surface area contributed by atoms with E-state index in [1.807, 2.05) is 0 Å². The SMILES string of the molecule is O=C(N[C@H]1CS(=O)(=O)C[C@@H]1Cl)c1cccc(C(F)(F)F)c1. The Morgan fingerprint density at radius 3 is 2.48 bits per heavy atom. The van der Waals surface area contributed by atoms with Crippen LogP contribution >= 0.6 is 11.6 Å². The van der Waals surface area contributed by atoms with Gasteiger partial charge >= 0.3 is 6.18 Å². The summed E-state index contributed by atoms with van der Waals surface area (Å²) in [6.07, 6.45) is -4.55. The third kappa shape index (κ3) is 3.88. The van der Waals surface area contributed by atoms with Crippen LogP contribution < -0.4 is 5.32 Å². The van der Waals surface area contributed by atoms with E-state index in [4.69, 9.17) is 11.6 Å². The molecule has 0 unspecified atom stereocenters. The molecule has 0 radical (unpaired) electrons. The second-order valence-electron chi connectivity index (χ2n) is 4.75. The van der Waals surface area contributed by atoms with Gasteiger partial charge in [0, 0.05) is 5.56 Å². The van der Waals surface area contributed by atoms with Gasteiger partial charge in [0.05, 0.1) is 28.5 Å². The third-order valence-electron chi connectivity index (χ3n) is 3.05. The van der Waals surface area contributed by atoms with Gasteiger partial charge in [0.25, 0.3) is 5.91 Å². The number of rotatable bonds is 2. The standard InChI is InChI=1S/C12H11ClF3NO3S/c13-9-5-21(19,20)6-10(9)17-11(18)7-2-1-3-8(4-7)12(14,15)16/h1-4,9-10H,5-6H2,(H,17,18)/t9-,10-/m0/s1. The quantitative estimate of drug-likeness (QED) is 0.835. The fourth-order valence-corrected chi connectivity index (χ4v) is 4.58. The lowest BCUT2D eigenvalue weighted by atomic mass is 10.1. The highest BCUT2D eigenvalue weighted by Gasteiger charge is 2.37. The maximum absolute atomic E-state index is 12.6. The monoisotopic (exact) mass is 341 g/mol. The van der Waals surface area contributed by atoms with Gasteiger partial charge in [0.15, 0.2) is 9.84 Å². The molecule has 2 atom stereocenters. The lowest BCUT2D eigenvalue weighted by Crippen LogP contribution is -2.40. The zero-order valence-corrected chi connectivity index (χ0v) is 12.1. The molecule has 1 saturated heterocycles. The Balaban J connectivity index is 2.15. The van der Waals surface area contributed by atoms with Crippen LogP contribution in [0.3, 0.4) is 0 Å². The first-order valence-electron chi connectivity index (χ1n) is 5.91. The molecule has 0 bridgehead atoms. The highest BCUT2D eigenvalue weighted by Crippen LogP contribution is 2.29. The topological polar surface area (TPSA) is 63.2 Å². The Hall–Kier alpha value is -1.28. The van der Waals surface area contributed by atoms with Crippen molar-refractivity contribution in [2.75, 3.05) is 11.5 Å². The molecule has 0 spiro atoms. The van der Waals surface area contributed by atoms with Crippen molar-refractivity contribution in [3.63, 3.8) is 0 Å². The van der Waals surface area contributed by atoms with Crippen LogP contribution in [-0.4, -0.2) is 37.2 Å². The van der Waals surface area contributed by atoms with Crippen molar-refractivity contribution in [1.29, 1.82) is 0 Å².